The third kappa shape index (κ3) is 2.75. The number of benzene rings is 1. The fraction of sp³-hybridized carbons (Fsp3) is 0.522. The number of methoxy groups -OCH3 is 1. The molecule has 28 heavy (non-hydrogen) atoms. The molecule has 1 aliphatic heterocycles. The van der Waals surface area contributed by atoms with Crippen LogP contribution in [0.2, 0.25) is 0 Å². The van der Waals surface area contributed by atoms with Crippen LogP contribution >= 0.6 is 0 Å². The van der Waals surface area contributed by atoms with Crippen LogP contribution in [-0.2, 0) is 11.2 Å². The number of rotatable bonds is 4. The number of nitrogens with zero attached hydrogens (tertiary/aromatic N) is 2. The number of hydrogen-bond donors (Lipinski definition) is 1. The number of fused-ring (bicyclic) bond motifs is 2. The predicted octanol–water partition coefficient (Wildman–Crippen LogP) is 3.61. The molecular formula is C23H31N3O2. The van der Waals surface area contributed by atoms with E-state index in [1.165, 1.54) is 27.8 Å². The monoisotopic (exact) mass is 381 g/mol. The normalized spacial score (nSPS) is 21.6. The second kappa shape index (κ2) is 6.96. The molecule has 1 aromatic carbocycles. The number of likely N-dealkylation sites (N-methyl/N-ethyl adjacent to an activating group) is 1. The molecule has 1 aliphatic carbocycles. The summed E-state index contributed by atoms with van der Waals surface area (Å²) in [6, 6.07) is 4.75. The Bertz CT molecular complexity index is 956. The average molecular weight is 382 g/mol. The van der Waals surface area contributed by atoms with Gasteiger partial charge in [-0.15, -0.1) is 0 Å². The van der Waals surface area contributed by atoms with E-state index in [4.69, 9.17) is 4.74 Å². The second-order valence-corrected chi connectivity index (χ2v) is 8.37. The molecule has 0 bridgehead atoms. The molecule has 150 valence electrons. The number of aryl methyl sites for hydroxylation is 1. The van der Waals surface area contributed by atoms with Crippen LogP contribution in [0.1, 0.15) is 37.6 Å². The fourth-order valence-electron chi connectivity index (χ4n) is 4.81. The first kappa shape index (κ1) is 19.1. The van der Waals surface area contributed by atoms with Crippen LogP contribution in [0.25, 0.3) is 16.5 Å². The number of carbonyl (C=O) groups is 1. The van der Waals surface area contributed by atoms with Crippen LogP contribution in [-0.4, -0.2) is 60.0 Å². The highest BCUT2D eigenvalue weighted by molar-refractivity contribution is 6.02. The van der Waals surface area contributed by atoms with Crippen LogP contribution in [0.4, 0.5) is 0 Å². The van der Waals surface area contributed by atoms with Crippen molar-refractivity contribution in [3.8, 4) is 5.75 Å². The zero-order valence-corrected chi connectivity index (χ0v) is 17.8. The van der Waals surface area contributed by atoms with Crippen LogP contribution in [0.15, 0.2) is 18.2 Å². The number of aromatic amines is 1. The van der Waals surface area contributed by atoms with Gasteiger partial charge in [-0.3, -0.25) is 9.69 Å². The van der Waals surface area contributed by atoms with E-state index in [1.807, 2.05) is 18.0 Å². The van der Waals surface area contributed by atoms with Gasteiger partial charge in [0.15, 0.2) is 0 Å². The molecule has 5 heteroatoms. The molecule has 0 fully saturated rings. The van der Waals surface area contributed by atoms with E-state index in [-0.39, 0.29) is 17.9 Å². The van der Waals surface area contributed by atoms with Gasteiger partial charge in [-0.2, -0.15) is 0 Å². The lowest BCUT2D eigenvalue weighted by Crippen LogP contribution is -2.49. The highest BCUT2D eigenvalue weighted by atomic mass is 16.5. The average Bonchev–Trinajstić information content (AvgIpc) is 3.03. The van der Waals surface area contributed by atoms with Gasteiger partial charge in [0.2, 0.25) is 5.91 Å². The third-order valence-corrected chi connectivity index (χ3v) is 6.62. The highest BCUT2D eigenvalue weighted by Gasteiger charge is 2.38. The van der Waals surface area contributed by atoms with Gasteiger partial charge in [0.05, 0.1) is 18.5 Å². The van der Waals surface area contributed by atoms with Gasteiger partial charge in [-0.05, 0) is 56.5 Å². The van der Waals surface area contributed by atoms with E-state index in [9.17, 15) is 4.79 Å². The van der Waals surface area contributed by atoms with Crippen LogP contribution < -0.4 is 4.74 Å². The Labute approximate surface area is 167 Å². The van der Waals surface area contributed by atoms with Gasteiger partial charge in [-0.1, -0.05) is 19.1 Å². The molecule has 5 nitrogen and oxygen atoms in total. The molecule has 1 aromatic heterocycles. The van der Waals surface area contributed by atoms with Crippen molar-refractivity contribution in [3.05, 3.63) is 35.0 Å². The molecular weight excluding hydrogens is 350 g/mol. The minimum absolute atomic E-state index is 0.0997. The number of ether oxygens (including phenoxy) is 1. The maximum Gasteiger partial charge on any atom is 0.230 e. The molecule has 2 atom stereocenters. The third-order valence-electron chi connectivity index (χ3n) is 6.62. The summed E-state index contributed by atoms with van der Waals surface area (Å²) in [5.74, 6) is 0.986. The lowest BCUT2D eigenvalue weighted by atomic mass is 9.78. The second-order valence-electron chi connectivity index (χ2n) is 8.37. The maximum atomic E-state index is 13.1. The topological polar surface area (TPSA) is 48.6 Å². The Hall–Kier alpha value is -2.27. The molecule has 2 unspecified atom stereocenters. The lowest BCUT2D eigenvalue weighted by molar-refractivity contribution is -0.135. The largest absolute Gasteiger partial charge is 0.495 e. The Morgan fingerprint density at radius 3 is 2.79 bits per heavy atom. The number of aromatic nitrogens is 1. The van der Waals surface area contributed by atoms with Crippen molar-refractivity contribution in [2.24, 2.45) is 5.92 Å². The summed E-state index contributed by atoms with van der Waals surface area (Å²) in [4.78, 5) is 21.0. The van der Waals surface area contributed by atoms with E-state index in [0.717, 1.165) is 30.8 Å². The van der Waals surface area contributed by atoms with Gasteiger partial charge in [0.1, 0.15) is 5.75 Å². The van der Waals surface area contributed by atoms with E-state index < -0.39 is 0 Å². The summed E-state index contributed by atoms with van der Waals surface area (Å²) in [6.45, 7) is 10.2. The first-order chi connectivity index (χ1) is 13.4. The number of amides is 1. The fourth-order valence-corrected chi connectivity index (χ4v) is 4.81. The van der Waals surface area contributed by atoms with E-state index in [2.05, 4.69) is 49.7 Å². The molecule has 0 saturated carbocycles. The van der Waals surface area contributed by atoms with E-state index in [1.54, 1.807) is 7.11 Å². The van der Waals surface area contributed by atoms with Crippen molar-refractivity contribution in [2.45, 2.75) is 46.2 Å². The minimum Gasteiger partial charge on any atom is -0.495 e. The Morgan fingerprint density at radius 2 is 2.14 bits per heavy atom. The van der Waals surface area contributed by atoms with Crippen molar-refractivity contribution >= 4 is 22.4 Å². The van der Waals surface area contributed by atoms with Gasteiger partial charge in [0.25, 0.3) is 0 Å². The van der Waals surface area contributed by atoms with E-state index in [0.29, 0.717) is 6.04 Å². The highest BCUT2D eigenvalue weighted by Crippen LogP contribution is 2.44. The van der Waals surface area contributed by atoms with Gasteiger partial charge in [-0.25, -0.2) is 0 Å². The number of nitrogens with one attached hydrogen (secondary N) is 1. The van der Waals surface area contributed by atoms with Crippen molar-refractivity contribution in [1.82, 2.24) is 14.8 Å². The van der Waals surface area contributed by atoms with Gasteiger partial charge < -0.3 is 14.6 Å². The first-order valence-electron chi connectivity index (χ1n) is 10.3. The van der Waals surface area contributed by atoms with Crippen molar-refractivity contribution in [1.29, 1.82) is 0 Å². The summed E-state index contributed by atoms with van der Waals surface area (Å²) >= 11 is 0. The summed E-state index contributed by atoms with van der Waals surface area (Å²) in [6.07, 6.45) is 3.22. The van der Waals surface area contributed by atoms with Crippen molar-refractivity contribution in [3.63, 3.8) is 0 Å². The zero-order chi connectivity index (χ0) is 20.2. The maximum absolute atomic E-state index is 13.1. The quantitative estimate of drug-likeness (QED) is 0.880. The summed E-state index contributed by atoms with van der Waals surface area (Å²) in [5.41, 5.74) is 6.21. The van der Waals surface area contributed by atoms with Crippen molar-refractivity contribution < 1.29 is 9.53 Å². The molecule has 2 heterocycles. The van der Waals surface area contributed by atoms with Crippen LogP contribution in [0.5, 0.6) is 5.75 Å². The van der Waals surface area contributed by atoms with Crippen molar-refractivity contribution in [2.75, 3.05) is 27.2 Å². The summed E-state index contributed by atoms with van der Waals surface area (Å²) < 4.78 is 5.59. The molecule has 2 aliphatic rings. The Kier molecular flexibility index (Phi) is 4.74. The Morgan fingerprint density at radius 1 is 1.39 bits per heavy atom. The summed E-state index contributed by atoms with van der Waals surface area (Å²) in [7, 11) is 3.63. The zero-order valence-electron chi connectivity index (χ0n) is 17.8. The molecule has 4 rings (SSSR count). The molecule has 0 radical (unpaired) electrons. The number of hydrogen-bond acceptors (Lipinski definition) is 3. The summed E-state index contributed by atoms with van der Waals surface area (Å²) in [5, 5.41) is 1.26. The number of H-pyrrole nitrogens is 1. The predicted molar refractivity (Wildman–Crippen MR) is 114 cm³/mol. The molecule has 1 N–H and O–H groups in total. The lowest BCUT2D eigenvalue weighted by Gasteiger charge is -2.42. The van der Waals surface area contributed by atoms with Crippen LogP contribution in [0, 0.1) is 12.8 Å². The van der Waals surface area contributed by atoms with Gasteiger partial charge in [0, 0.05) is 36.8 Å². The van der Waals surface area contributed by atoms with Crippen LogP contribution in [0.3, 0.4) is 0 Å². The molecule has 2 aromatic rings. The Balaban J connectivity index is 1.87. The molecule has 1 amide bonds. The molecule has 0 saturated heterocycles. The smallest absolute Gasteiger partial charge is 0.230 e. The molecule has 0 spiro atoms. The van der Waals surface area contributed by atoms with Gasteiger partial charge >= 0.3 is 0 Å². The SMILES string of the molecule is CCN1CC(C(=O)N(C)C(C)C)C=C2c3ccc(OC)c4[nH]c(C)c(c34)CC21. The van der Waals surface area contributed by atoms with E-state index >= 15 is 0 Å². The standard InChI is InChI=1S/C23H31N3O2/c1-7-26-12-15(23(27)25(5)13(2)3)10-18-16-8-9-20(28-6)22-21(16)17(11-19(18)26)14(4)24-22/h8-10,13,15,19,24H,7,11-12H2,1-6H3. The minimum atomic E-state index is -0.0997. The number of carbonyl (C=O) groups excluding carboxylic acids is 1. The first-order valence-corrected chi connectivity index (χ1v) is 10.3.